The molecule has 2 rings (SSSR count). The SMILES string of the molecule is NCc1nccc2ncsc12. The molecule has 2 aromatic rings. The van der Waals surface area contributed by atoms with Gasteiger partial charge in [0.1, 0.15) is 0 Å². The fraction of sp³-hybridized carbons (Fsp3) is 0.143. The number of nitrogens with zero attached hydrogens (tertiary/aromatic N) is 2. The summed E-state index contributed by atoms with van der Waals surface area (Å²) in [6, 6.07) is 1.89. The van der Waals surface area contributed by atoms with E-state index in [2.05, 4.69) is 9.97 Å². The molecule has 0 saturated carbocycles. The van der Waals surface area contributed by atoms with Crippen LogP contribution >= 0.6 is 11.3 Å². The van der Waals surface area contributed by atoms with Gasteiger partial charge in [-0.1, -0.05) is 0 Å². The summed E-state index contributed by atoms with van der Waals surface area (Å²) in [5, 5.41) is 0. The first-order valence-corrected chi connectivity index (χ1v) is 4.17. The molecule has 2 heterocycles. The molecule has 0 aromatic carbocycles. The molecule has 0 unspecified atom stereocenters. The summed E-state index contributed by atoms with van der Waals surface area (Å²) in [6.45, 7) is 0.486. The van der Waals surface area contributed by atoms with Gasteiger partial charge in [0, 0.05) is 12.7 Å². The fourth-order valence-corrected chi connectivity index (χ4v) is 1.78. The van der Waals surface area contributed by atoms with Crippen molar-refractivity contribution in [2.75, 3.05) is 0 Å². The minimum atomic E-state index is 0.486. The topological polar surface area (TPSA) is 51.8 Å². The summed E-state index contributed by atoms with van der Waals surface area (Å²) >= 11 is 1.58. The van der Waals surface area contributed by atoms with E-state index in [1.807, 2.05) is 11.6 Å². The van der Waals surface area contributed by atoms with Crippen molar-refractivity contribution in [3.63, 3.8) is 0 Å². The van der Waals surface area contributed by atoms with Crippen LogP contribution < -0.4 is 5.73 Å². The molecule has 0 aliphatic rings. The molecule has 11 heavy (non-hydrogen) atoms. The highest BCUT2D eigenvalue weighted by molar-refractivity contribution is 7.16. The molecule has 0 radical (unpaired) electrons. The standard InChI is InChI=1S/C7H7N3S/c8-3-6-7-5(1-2-9-6)10-4-11-7/h1-2,4H,3,8H2. The van der Waals surface area contributed by atoms with Crippen molar-refractivity contribution in [2.24, 2.45) is 5.73 Å². The van der Waals surface area contributed by atoms with Gasteiger partial charge in [0.05, 0.1) is 21.4 Å². The first-order chi connectivity index (χ1) is 5.42. The number of hydrogen-bond donors (Lipinski definition) is 1. The normalized spacial score (nSPS) is 10.6. The van der Waals surface area contributed by atoms with Gasteiger partial charge < -0.3 is 5.73 Å². The van der Waals surface area contributed by atoms with Gasteiger partial charge in [-0.3, -0.25) is 4.98 Å². The van der Waals surface area contributed by atoms with E-state index in [0.717, 1.165) is 15.9 Å². The Hall–Kier alpha value is -1.000. The quantitative estimate of drug-likeness (QED) is 0.689. The van der Waals surface area contributed by atoms with Gasteiger partial charge in [-0.2, -0.15) is 0 Å². The second kappa shape index (κ2) is 2.56. The number of thiazole rings is 1. The Morgan fingerprint density at radius 2 is 2.36 bits per heavy atom. The predicted molar refractivity (Wildman–Crippen MR) is 45.3 cm³/mol. The largest absolute Gasteiger partial charge is 0.325 e. The van der Waals surface area contributed by atoms with Crippen LogP contribution in [0, 0.1) is 0 Å². The summed E-state index contributed by atoms with van der Waals surface area (Å²) in [5.74, 6) is 0. The second-order valence-corrected chi connectivity index (χ2v) is 3.02. The van der Waals surface area contributed by atoms with Gasteiger partial charge in [-0.25, -0.2) is 4.98 Å². The van der Waals surface area contributed by atoms with E-state index in [1.165, 1.54) is 0 Å². The van der Waals surface area contributed by atoms with Gasteiger partial charge in [-0.05, 0) is 6.07 Å². The lowest BCUT2D eigenvalue weighted by molar-refractivity contribution is 1.01. The van der Waals surface area contributed by atoms with Crippen molar-refractivity contribution in [1.82, 2.24) is 9.97 Å². The third-order valence-corrected chi connectivity index (χ3v) is 2.40. The van der Waals surface area contributed by atoms with Crippen LogP contribution in [0.2, 0.25) is 0 Å². The maximum atomic E-state index is 5.49. The van der Waals surface area contributed by atoms with Gasteiger partial charge in [0.2, 0.25) is 0 Å². The zero-order valence-electron chi connectivity index (χ0n) is 5.82. The van der Waals surface area contributed by atoms with Crippen LogP contribution in [0.4, 0.5) is 0 Å². The first kappa shape index (κ1) is 6.69. The Morgan fingerprint density at radius 3 is 3.18 bits per heavy atom. The highest BCUT2D eigenvalue weighted by Crippen LogP contribution is 2.19. The minimum Gasteiger partial charge on any atom is -0.325 e. The number of rotatable bonds is 1. The van der Waals surface area contributed by atoms with Gasteiger partial charge in [0.25, 0.3) is 0 Å². The monoisotopic (exact) mass is 165 g/mol. The molecular formula is C7H7N3S. The van der Waals surface area contributed by atoms with Crippen LogP contribution in [0.1, 0.15) is 5.69 Å². The molecule has 0 aliphatic heterocycles. The molecule has 0 saturated heterocycles. The summed E-state index contributed by atoms with van der Waals surface area (Å²) in [7, 11) is 0. The van der Waals surface area contributed by atoms with Crippen molar-refractivity contribution in [3.8, 4) is 0 Å². The van der Waals surface area contributed by atoms with Crippen molar-refractivity contribution >= 4 is 21.6 Å². The molecular weight excluding hydrogens is 158 g/mol. The number of nitrogens with two attached hydrogens (primary N) is 1. The van der Waals surface area contributed by atoms with Crippen molar-refractivity contribution in [2.45, 2.75) is 6.54 Å². The Kier molecular flexibility index (Phi) is 1.56. The van der Waals surface area contributed by atoms with E-state index in [9.17, 15) is 0 Å². The Morgan fingerprint density at radius 1 is 1.45 bits per heavy atom. The molecule has 0 aliphatic carbocycles. The summed E-state index contributed by atoms with van der Waals surface area (Å²) < 4.78 is 1.11. The van der Waals surface area contributed by atoms with Crippen LogP contribution in [-0.2, 0) is 6.54 Å². The van der Waals surface area contributed by atoms with E-state index in [0.29, 0.717) is 6.54 Å². The van der Waals surface area contributed by atoms with E-state index in [-0.39, 0.29) is 0 Å². The third kappa shape index (κ3) is 1.00. The van der Waals surface area contributed by atoms with Crippen LogP contribution in [-0.4, -0.2) is 9.97 Å². The zero-order valence-corrected chi connectivity index (χ0v) is 6.64. The summed E-state index contributed by atoms with van der Waals surface area (Å²) in [5.41, 5.74) is 9.23. The summed E-state index contributed by atoms with van der Waals surface area (Å²) in [4.78, 5) is 8.29. The highest BCUT2D eigenvalue weighted by atomic mass is 32.1. The van der Waals surface area contributed by atoms with Crippen LogP contribution in [0.15, 0.2) is 17.8 Å². The molecule has 56 valence electrons. The molecule has 2 aromatic heterocycles. The molecule has 3 nitrogen and oxygen atoms in total. The molecule has 4 heteroatoms. The Balaban J connectivity index is 2.79. The first-order valence-electron chi connectivity index (χ1n) is 3.29. The van der Waals surface area contributed by atoms with Gasteiger partial charge in [-0.15, -0.1) is 11.3 Å². The summed E-state index contributed by atoms with van der Waals surface area (Å²) in [6.07, 6.45) is 1.74. The smallest absolute Gasteiger partial charge is 0.0846 e. The molecule has 0 amide bonds. The number of pyridine rings is 1. The maximum Gasteiger partial charge on any atom is 0.0846 e. The van der Waals surface area contributed by atoms with E-state index < -0.39 is 0 Å². The van der Waals surface area contributed by atoms with Crippen LogP contribution in [0.3, 0.4) is 0 Å². The molecule has 2 N–H and O–H groups in total. The van der Waals surface area contributed by atoms with Crippen molar-refractivity contribution < 1.29 is 0 Å². The molecule has 0 spiro atoms. The lowest BCUT2D eigenvalue weighted by Crippen LogP contribution is -1.98. The Labute approximate surface area is 67.9 Å². The van der Waals surface area contributed by atoms with E-state index in [4.69, 9.17) is 5.73 Å². The van der Waals surface area contributed by atoms with Crippen molar-refractivity contribution in [3.05, 3.63) is 23.5 Å². The molecule has 0 atom stereocenters. The lowest BCUT2D eigenvalue weighted by atomic mass is 10.3. The van der Waals surface area contributed by atoms with Gasteiger partial charge in [0.15, 0.2) is 0 Å². The minimum absolute atomic E-state index is 0.486. The van der Waals surface area contributed by atoms with E-state index >= 15 is 0 Å². The highest BCUT2D eigenvalue weighted by Gasteiger charge is 2.01. The number of aromatic nitrogens is 2. The average molecular weight is 165 g/mol. The molecule has 0 fully saturated rings. The number of fused-ring (bicyclic) bond motifs is 1. The number of hydrogen-bond acceptors (Lipinski definition) is 4. The zero-order chi connectivity index (χ0) is 7.68. The fourth-order valence-electron chi connectivity index (χ4n) is 0.991. The average Bonchev–Trinajstić information content (AvgIpc) is 2.50. The van der Waals surface area contributed by atoms with Crippen LogP contribution in [0.5, 0.6) is 0 Å². The third-order valence-electron chi connectivity index (χ3n) is 1.51. The predicted octanol–water partition coefficient (Wildman–Crippen LogP) is 1.15. The molecule has 0 bridgehead atoms. The Bertz CT molecular complexity index is 368. The maximum absolute atomic E-state index is 5.49. The van der Waals surface area contributed by atoms with Crippen LogP contribution in [0.25, 0.3) is 10.2 Å². The van der Waals surface area contributed by atoms with Gasteiger partial charge >= 0.3 is 0 Å². The lowest BCUT2D eigenvalue weighted by Gasteiger charge is -1.94. The second-order valence-electron chi connectivity index (χ2n) is 2.16. The van der Waals surface area contributed by atoms with E-state index in [1.54, 1.807) is 17.5 Å². The van der Waals surface area contributed by atoms with Crippen molar-refractivity contribution in [1.29, 1.82) is 0 Å².